The molecule has 0 unspecified atom stereocenters. The molecule has 0 atom stereocenters. The van der Waals surface area contributed by atoms with Crippen LogP contribution in [-0.4, -0.2) is 44.3 Å². The van der Waals surface area contributed by atoms with Crippen LogP contribution in [0, 0.1) is 11.8 Å². The third-order valence-corrected chi connectivity index (χ3v) is 2.84. The summed E-state index contributed by atoms with van der Waals surface area (Å²) in [5.41, 5.74) is 0. The largest absolute Gasteiger partial charge is 0.481 e. The van der Waals surface area contributed by atoms with E-state index in [1.165, 1.54) is 0 Å². The maximum atomic E-state index is 10.6. The van der Waals surface area contributed by atoms with Gasteiger partial charge in [-0.3, -0.25) is 19.2 Å². The first-order valence-corrected chi connectivity index (χ1v) is 6.07. The molecule has 0 heterocycles. The van der Waals surface area contributed by atoms with E-state index in [-0.39, 0.29) is 38.5 Å². The van der Waals surface area contributed by atoms with Gasteiger partial charge < -0.3 is 20.4 Å². The molecule has 0 aromatic heterocycles. The number of hydrogen-bond acceptors (Lipinski definition) is 4. The number of carbonyl (C=O) groups is 4. The molecular formula is C12H18O8. The van der Waals surface area contributed by atoms with E-state index >= 15 is 0 Å². The molecule has 8 heteroatoms. The minimum absolute atomic E-state index is 0.170. The number of carboxylic acids is 4. The summed E-state index contributed by atoms with van der Waals surface area (Å²) in [6, 6.07) is 0. The van der Waals surface area contributed by atoms with Crippen molar-refractivity contribution in [2.45, 2.75) is 38.5 Å². The van der Waals surface area contributed by atoms with Gasteiger partial charge in [0, 0.05) is 25.7 Å². The first kappa shape index (κ1) is 17.9. The van der Waals surface area contributed by atoms with Gasteiger partial charge >= 0.3 is 23.9 Å². The molecule has 0 saturated carbocycles. The first-order valence-electron chi connectivity index (χ1n) is 6.07. The molecule has 0 bridgehead atoms. The highest BCUT2D eigenvalue weighted by Crippen LogP contribution is 2.23. The molecule has 0 aliphatic heterocycles. The van der Waals surface area contributed by atoms with Gasteiger partial charge in [0.1, 0.15) is 0 Å². The van der Waals surface area contributed by atoms with E-state index < -0.39 is 35.7 Å². The molecule has 0 fully saturated rings. The SMILES string of the molecule is O=C(O)CC(CCC(CC(=O)O)CC(=O)O)CC(=O)O. The number of carboxylic acid groups (broad SMARTS) is 4. The molecule has 114 valence electrons. The van der Waals surface area contributed by atoms with Crippen molar-refractivity contribution in [3.63, 3.8) is 0 Å². The lowest BCUT2D eigenvalue weighted by molar-refractivity contribution is -0.143. The molecule has 0 amide bonds. The van der Waals surface area contributed by atoms with Gasteiger partial charge in [0.05, 0.1) is 0 Å². The standard InChI is InChI=1S/C12H18O8/c13-9(14)3-7(4-10(15)16)1-2-8(5-11(17)18)6-12(19)20/h7-8H,1-6H2,(H,13,14)(H,15,16)(H,17,18)(H,19,20). The fourth-order valence-electron chi connectivity index (χ4n) is 2.01. The monoisotopic (exact) mass is 290 g/mol. The predicted octanol–water partition coefficient (Wildman–Crippen LogP) is 0.898. The molecule has 0 saturated heterocycles. The van der Waals surface area contributed by atoms with Crippen LogP contribution in [0.25, 0.3) is 0 Å². The van der Waals surface area contributed by atoms with Gasteiger partial charge in [-0.1, -0.05) is 0 Å². The second kappa shape index (κ2) is 8.89. The van der Waals surface area contributed by atoms with E-state index in [4.69, 9.17) is 20.4 Å². The Morgan fingerprint density at radius 2 is 0.750 bits per heavy atom. The molecule has 0 aliphatic rings. The van der Waals surface area contributed by atoms with Crippen molar-refractivity contribution in [3.05, 3.63) is 0 Å². The van der Waals surface area contributed by atoms with E-state index in [0.29, 0.717) is 0 Å². The molecule has 0 radical (unpaired) electrons. The van der Waals surface area contributed by atoms with E-state index in [1.807, 2.05) is 0 Å². The van der Waals surface area contributed by atoms with E-state index in [2.05, 4.69) is 0 Å². The van der Waals surface area contributed by atoms with Crippen LogP contribution in [0.4, 0.5) is 0 Å². The fourth-order valence-corrected chi connectivity index (χ4v) is 2.01. The molecule has 0 aromatic rings. The topological polar surface area (TPSA) is 149 Å². The molecule has 0 spiro atoms. The van der Waals surface area contributed by atoms with Crippen LogP contribution in [0.3, 0.4) is 0 Å². The van der Waals surface area contributed by atoms with Crippen LogP contribution in [-0.2, 0) is 19.2 Å². The van der Waals surface area contributed by atoms with Crippen molar-refractivity contribution in [2.75, 3.05) is 0 Å². The maximum Gasteiger partial charge on any atom is 0.303 e. The molecule has 4 N–H and O–H groups in total. The van der Waals surface area contributed by atoms with Gasteiger partial charge in [-0.15, -0.1) is 0 Å². The van der Waals surface area contributed by atoms with Gasteiger partial charge in [0.25, 0.3) is 0 Å². The van der Waals surface area contributed by atoms with Crippen LogP contribution in [0.15, 0.2) is 0 Å². The molecule has 0 rings (SSSR count). The maximum absolute atomic E-state index is 10.6. The van der Waals surface area contributed by atoms with Gasteiger partial charge in [-0.2, -0.15) is 0 Å². The summed E-state index contributed by atoms with van der Waals surface area (Å²) in [4.78, 5) is 42.4. The van der Waals surface area contributed by atoms with Crippen LogP contribution in [0.5, 0.6) is 0 Å². The van der Waals surface area contributed by atoms with Crippen LogP contribution in [0.1, 0.15) is 38.5 Å². The second-order valence-corrected chi connectivity index (χ2v) is 4.70. The Kier molecular flexibility index (Phi) is 7.95. The summed E-state index contributed by atoms with van der Waals surface area (Å²) in [7, 11) is 0. The van der Waals surface area contributed by atoms with Gasteiger partial charge in [-0.05, 0) is 24.7 Å². The Morgan fingerprint density at radius 1 is 0.550 bits per heavy atom. The van der Waals surface area contributed by atoms with Crippen molar-refractivity contribution in [3.8, 4) is 0 Å². The fraction of sp³-hybridized carbons (Fsp3) is 0.667. The zero-order valence-electron chi connectivity index (χ0n) is 10.8. The number of aliphatic carboxylic acids is 4. The third-order valence-electron chi connectivity index (χ3n) is 2.84. The van der Waals surface area contributed by atoms with Crippen molar-refractivity contribution < 1.29 is 39.6 Å². The zero-order chi connectivity index (χ0) is 15.7. The van der Waals surface area contributed by atoms with Crippen molar-refractivity contribution in [1.82, 2.24) is 0 Å². The van der Waals surface area contributed by atoms with E-state index in [9.17, 15) is 19.2 Å². The lowest BCUT2D eigenvalue weighted by atomic mass is 9.88. The Bertz CT molecular complexity index is 308. The summed E-state index contributed by atoms with van der Waals surface area (Å²) in [6.07, 6.45) is -0.996. The average Bonchev–Trinajstić information content (AvgIpc) is 2.22. The highest BCUT2D eigenvalue weighted by molar-refractivity contribution is 5.71. The normalized spacial score (nSPS) is 10.7. The van der Waals surface area contributed by atoms with Crippen LogP contribution >= 0.6 is 0 Å². The van der Waals surface area contributed by atoms with Crippen molar-refractivity contribution in [2.24, 2.45) is 11.8 Å². The summed E-state index contributed by atoms with van der Waals surface area (Å²) in [5.74, 6) is -5.80. The Labute approximate surface area is 115 Å². The Balaban J connectivity index is 4.49. The zero-order valence-corrected chi connectivity index (χ0v) is 10.8. The highest BCUT2D eigenvalue weighted by Gasteiger charge is 2.22. The lowest BCUT2D eigenvalue weighted by Gasteiger charge is -2.17. The predicted molar refractivity (Wildman–Crippen MR) is 65.2 cm³/mol. The van der Waals surface area contributed by atoms with Gasteiger partial charge in [-0.25, -0.2) is 0 Å². The summed E-state index contributed by atoms with van der Waals surface area (Å²) < 4.78 is 0. The Morgan fingerprint density at radius 3 is 0.900 bits per heavy atom. The van der Waals surface area contributed by atoms with Gasteiger partial charge in [0.2, 0.25) is 0 Å². The van der Waals surface area contributed by atoms with E-state index in [1.54, 1.807) is 0 Å². The van der Waals surface area contributed by atoms with Crippen LogP contribution < -0.4 is 0 Å². The summed E-state index contributed by atoms with van der Waals surface area (Å²) >= 11 is 0. The lowest BCUT2D eigenvalue weighted by Crippen LogP contribution is -2.17. The smallest absolute Gasteiger partial charge is 0.303 e. The molecule has 20 heavy (non-hydrogen) atoms. The summed E-state index contributed by atoms with van der Waals surface area (Å²) in [6.45, 7) is 0. The molecular weight excluding hydrogens is 272 g/mol. The first-order chi connectivity index (χ1) is 9.20. The third kappa shape index (κ3) is 9.86. The highest BCUT2D eigenvalue weighted by atomic mass is 16.4. The molecule has 0 aliphatic carbocycles. The van der Waals surface area contributed by atoms with Crippen molar-refractivity contribution in [1.29, 1.82) is 0 Å². The van der Waals surface area contributed by atoms with Gasteiger partial charge in [0.15, 0.2) is 0 Å². The minimum atomic E-state index is -1.13. The molecule has 0 aromatic carbocycles. The molecule has 8 nitrogen and oxygen atoms in total. The number of hydrogen-bond donors (Lipinski definition) is 4. The minimum Gasteiger partial charge on any atom is -0.481 e. The Hall–Kier alpha value is -2.12. The van der Waals surface area contributed by atoms with Crippen molar-refractivity contribution >= 4 is 23.9 Å². The summed E-state index contributed by atoms with van der Waals surface area (Å²) in [5, 5.41) is 34.7. The quantitative estimate of drug-likeness (QED) is 0.438. The average molecular weight is 290 g/mol. The van der Waals surface area contributed by atoms with Crippen LogP contribution in [0.2, 0.25) is 0 Å². The second-order valence-electron chi connectivity index (χ2n) is 4.70. The number of rotatable bonds is 11. The van der Waals surface area contributed by atoms with E-state index in [0.717, 1.165) is 0 Å².